The van der Waals surface area contributed by atoms with Gasteiger partial charge in [0.25, 0.3) is 16.9 Å². The molecule has 0 fully saturated rings. The van der Waals surface area contributed by atoms with E-state index in [1.54, 1.807) is 6.92 Å². The van der Waals surface area contributed by atoms with Crippen LogP contribution in [0.3, 0.4) is 0 Å². The maximum atomic E-state index is 13.5. The Hall–Kier alpha value is -5.11. The number of rotatable bonds is 7. The summed E-state index contributed by atoms with van der Waals surface area (Å²) < 4.78 is 11.4. The topological polar surface area (TPSA) is 187 Å². The van der Waals surface area contributed by atoms with Gasteiger partial charge in [0.15, 0.2) is 0 Å². The molecule has 39 heavy (non-hydrogen) atoms. The third-order valence-corrected chi connectivity index (χ3v) is 7.00. The van der Waals surface area contributed by atoms with Gasteiger partial charge in [-0.3, -0.25) is 29.6 Å². The number of esters is 2. The summed E-state index contributed by atoms with van der Waals surface area (Å²) in [6, 6.07) is 10.7. The minimum Gasteiger partial charge on any atom is -0.466 e. The summed E-state index contributed by atoms with van der Waals surface area (Å²) >= 11 is 0.910. The fourth-order valence-corrected chi connectivity index (χ4v) is 5.29. The molecule has 0 aliphatic carbocycles. The van der Waals surface area contributed by atoms with Gasteiger partial charge < -0.3 is 15.2 Å². The first-order valence-corrected chi connectivity index (χ1v) is 12.1. The van der Waals surface area contributed by atoms with Gasteiger partial charge in [0.2, 0.25) is 0 Å². The Morgan fingerprint density at radius 2 is 1.56 bits per heavy atom. The number of nitrogens with two attached hydrogens (primary N) is 1. The van der Waals surface area contributed by atoms with Crippen molar-refractivity contribution in [2.75, 3.05) is 13.7 Å². The van der Waals surface area contributed by atoms with Gasteiger partial charge in [-0.25, -0.2) is 9.59 Å². The number of non-ortho nitro benzene ring substituents is 2. The van der Waals surface area contributed by atoms with Crippen molar-refractivity contribution in [3.05, 3.63) is 105 Å². The molecule has 14 heteroatoms. The second-order valence-electron chi connectivity index (χ2n) is 8.11. The second kappa shape index (κ2) is 10.7. The van der Waals surface area contributed by atoms with Crippen LogP contribution in [0.4, 0.5) is 11.4 Å². The quantitative estimate of drug-likeness (QED) is 0.255. The van der Waals surface area contributed by atoms with Crippen LogP contribution < -0.4 is 20.5 Å². The first-order chi connectivity index (χ1) is 18.6. The van der Waals surface area contributed by atoms with Crippen molar-refractivity contribution in [1.29, 1.82) is 0 Å². The van der Waals surface area contributed by atoms with Crippen molar-refractivity contribution in [3.8, 4) is 0 Å². The van der Waals surface area contributed by atoms with Crippen LogP contribution in [0.25, 0.3) is 17.5 Å². The number of hydrogen-bond acceptors (Lipinski definition) is 11. The molecule has 13 nitrogen and oxygen atoms in total. The second-order valence-corrected chi connectivity index (χ2v) is 9.14. The minimum atomic E-state index is -1.16. The molecule has 1 atom stereocenters. The molecule has 2 aromatic carbocycles. The SMILES string of the molecule is CCOC(=O)C1=c2sc(=Cc3ccc([N+](=O)[O-])cc3)c(=O)n2C(N)=C(C(=O)OC)C1c1ccc([N+](=O)[O-])cc1. The van der Waals surface area contributed by atoms with Crippen molar-refractivity contribution in [2.45, 2.75) is 12.8 Å². The summed E-state index contributed by atoms with van der Waals surface area (Å²) in [5.74, 6) is -3.19. The van der Waals surface area contributed by atoms with Gasteiger partial charge in [-0.05, 0) is 36.3 Å². The highest BCUT2D eigenvalue weighted by molar-refractivity contribution is 7.07. The van der Waals surface area contributed by atoms with Crippen LogP contribution in [-0.2, 0) is 19.1 Å². The van der Waals surface area contributed by atoms with Crippen LogP contribution in [0, 0.1) is 20.2 Å². The summed E-state index contributed by atoms with van der Waals surface area (Å²) in [5, 5.41) is 22.1. The molecule has 0 saturated heterocycles. The summed E-state index contributed by atoms with van der Waals surface area (Å²) in [7, 11) is 1.11. The van der Waals surface area contributed by atoms with E-state index in [1.807, 2.05) is 0 Å². The molecule has 1 aliphatic rings. The Bertz CT molecular complexity index is 1720. The number of nitro benzene ring substituents is 2. The molecule has 200 valence electrons. The molecular formula is C25H20N4O9S. The summed E-state index contributed by atoms with van der Waals surface area (Å²) in [5.41, 5.74) is 5.85. The van der Waals surface area contributed by atoms with Crippen molar-refractivity contribution in [3.63, 3.8) is 0 Å². The van der Waals surface area contributed by atoms with E-state index in [4.69, 9.17) is 15.2 Å². The van der Waals surface area contributed by atoms with Crippen LogP contribution in [0.15, 0.2) is 58.9 Å². The molecule has 0 radical (unpaired) electrons. The number of carbonyl (C=O) groups excluding carboxylic acids is 2. The van der Waals surface area contributed by atoms with Gasteiger partial charge in [0.05, 0.1) is 45.2 Å². The van der Waals surface area contributed by atoms with Crippen molar-refractivity contribution < 1.29 is 28.9 Å². The number of aromatic nitrogens is 1. The average Bonchev–Trinajstić information content (AvgIpc) is 3.24. The van der Waals surface area contributed by atoms with E-state index < -0.39 is 33.3 Å². The molecule has 0 amide bonds. The molecule has 1 aliphatic heterocycles. The molecular weight excluding hydrogens is 532 g/mol. The van der Waals surface area contributed by atoms with E-state index in [9.17, 15) is 34.6 Å². The van der Waals surface area contributed by atoms with Crippen molar-refractivity contribution in [1.82, 2.24) is 4.57 Å². The molecule has 0 saturated carbocycles. The van der Waals surface area contributed by atoms with E-state index in [-0.39, 0.29) is 44.1 Å². The largest absolute Gasteiger partial charge is 0.466 e. The predicted molar refractivity (Wildman–Crippen MR) is 140 cm³/mol. The monoisotopic (exact) mass is 552 g/mol. The maximum Gasteiger partial charge on any atom is 0.338 e. The molecule has 1 unspecified atom stereocenters. The Morgan fingerprint density at radius 1 is 1.00 bits per heavy atom. The lowest BCUT2D eigenvalue weighted by Gasteiger charge is -2.26. The highest BCUT2D eigenvalue weighted by Gasteiger charge is 2.39. The summed E-state index contributed by atoms with van der Waals surface area (Å²) in [4.78, 5) is 60.7. The average molecular weight is 553 g/mol. The fraction of sp³-hybridized carbons (Fsp3) is 0.160. The first-order valence-electron chi connectivity index (χ1n) is 11.3. The summed E-state index contributed by atoms with van der Waals surface area (Å²) in [6.07, 6.45) is 1.47. The van der Waals surface area contributed by atoms with Crippen LogP contribution in [-0.4, -0.2) is 40.1 Å². The Morgan fingerprint density at radius 3 is 2.08 bits per heavy atom. The summed E-state index contributed by atoms with van der Waals surface area (Å²) in [6.45, 7) is 1.57. The fourth-order valence-electron chi connectivity index (χ4n) is 4.13. The molecule has 0 spiro atoms. The van der Waals surface area contributed by atoms with Gasteiger partial charge in [-0.15, -0.1) is 11.3 Å². The highest BCUT2D eigenvalue weighted by Crippen LogP contribution is 2.38. The zero-order valence-electron chi connectivity index (χ0n) is 20.5. The van der Waals surface area contributed by atoms with E-state index in [0.29, 0.717) is 11.1 Å². The van der Waals surface area contributed by atoms with Crippen molar-refractivity contribution >= 4 is 52.1 Å². The number of hydrogen-bond donors (Lipinski definition) is 1. The van der Waals surface area contributed by atoms with E-state index in [2.05, 4.69) is 0 Å². The van der Waals surface area contributed by atoms with Crippen molar-refractivity contribution in [2.24, 2.45) is 5.73 Å². The molecule has 1 aromatic heterocycles. The number of nitrogens with zero attached hydrogens (tertiary/aromatic N) is 3. The lowest BCUT2D eigenvalue weighted by molar-refractivity contribution is -0.385. The number of methoxy groups -OCH3 is 1. The van der Waals surface area contributed by atoms with Gasteiger partial charge >= 0.3 is 11.9 Å². The van der Waals surface area contributed by atoms with E-state index in [1.165, 1.54) is 54.6 Å². The van der Waals surface area contributed by atoms with Crippen LogP contribution >= 0.6 is 11.3 Å². The number of carbonyl (C=O) groups is 2. The highest BCUT2D eigenvalue weighted by atomic mass is 32.1. The standard InChI is InChI=1S/C25H20N4O9S/c1-3-38-25(32)20-18(14-6-10-16(11-7-14)29(35)36)19(24(31)37-2)21(26)27-22(30)17(39-23(20)27)12-13-4-8-15(9-5-13)28(33)34/h4-12,18H,3,26H2,1-2H3. The first kappa shape index (κ1) is 26.9. The van der Waals surface area contributed by atoms with Crippen LogP contribution in [0.2, 0.25) is 0 Å². The molecule has 4 rings (SSSR count). The van der Waals surface area contributed by atoms with Gasteiger partial charge in [0, 0.05) is 24.3 Å². The normalized spacial score (nSPS) is 15.1. The van der Waals surface area contributed by atoms with E-state index >= 15 is 0 Å². The zero-order valence-corrected chi connectivity index (χ0v) is 21.3. The third kappa shape index (κ3) is 4.92. The lowest BCUT2D eigenvalue weighted by Crippen LogP contribution is -2.41. The molecule has 2 heterocycles. The van der Waals surface area contributed by atoms with Crippen LogP contribution in [0.5, 0.6) is 0 Å². The number of fused-ring (bicyclic) bond motifs is 1. The predicted octanol–water partition coefficient (Wildman–Crippen LogP) is 1.37. The van der Waals surface area contributed by atoms with Gasteiger partial charge in [-0.1, -0.05) is 12.1 Å². The number of benzene rings is 2. The number of ether oxygens (including phenoxy) is 2. The maximum absolute atomic E-state index is 13.5. The lowest BCUT2D eigenvalue weighted by atomic mass is 9.83. The number of nitro groups is 2. The Kier molecular flexibility index (Phi) is 7.40. The molecule has 2 N–H and O–H groups in total. The minimum absolute atomic E-state index is 0.0144. The van der Waals surface area contributed by atoms with Crippen LogP contribution in [0.1, 0.15) is 24.0 Å². The third-order valence-electron chi connectivity index (χ3n) is 5.89. The van der Waals surface area contributed by atoms with Gasteiger partial charge in [-0.2, -0.15) is 0 Å². The molecule has 3 aromatic rings. The zero-order chi connectivity index (χ0) is 28.4. The van der Waals surface area contributed by atoms with E-state index in [0.717, 1.165) is 23.0 Å². The Labute approximate surface area is 223 Å². The Balaban J connectivity index is 2.06. The smallest absolute Gasteiger partial charge is 0.338 e. The van der Waals surface area contributed by atoms with Gasteiger partial charge in [0.1, 0.15) is 10.5 Å². The molecule has 0 bridgehead atoms. The number of thiazole rings is 1.